The van der Waals surface area contributed by atoms with Crippen LogP contribution in [0.1, 0.15) is 22.3 Å². The van der Waals surface area contributed by atoms with Gasteiger partial charge in [0, 0.05) is 16.1 Å². The lowest BCUT2D eigenvalue weighted by atomic mass is 10.0. The quantitative estimate of drug-likeness (QED) is 0.276. The maximum atomic E-state index is 13.1. The molecule has 16 heteroatoms. The summed E-state index contributed by atoms with van der Waals surface area (Å²) in [6.45, 7) is -0.965. The van der Waals surface area contributed by atoms with Crippen molar-refractivity contribution in [1.82, 2.24) is 0 Å². The standard InChI is InChI=1S/C17H10ClF9N2O3S/c18-12-3-4-14(29-33(30,31)17(25,26)27)10(5-12)7-28-32-8-9-1-2-11(15(19,20)21)6-13(9)16(22,23)24/h1-7,29H,8H2. The van der Waals surface area contributed by atoms with Crippen molar-refractivity contribution in [2.45, 2.75) is 24.5 Å². The molecule has 0 bridgehead atoms. The second kappa shape index (κ2) is 9.29. The molecule has 2 aromatic rings. The zero-order chi connectivity index (χ0) is 25.2. The van der Waals surface area contributed by atoms with Gasteiger partial charge in [-0.3, -0.25) is 4.72 Å². The van der Waals surface area contributed by atoms with Crippen LogP contribution >= 0.6 is 11.6 Å². The second-order valence-corrected chi connectivity index (χ2v) is 8.27. The monoisotopic (exact) mass is 528 g/mol. The molecule has 5 nitrogen and oxygen atoms in total. The van der Waals surface area contributed by atoms with Crippen molar-refractivity contribution in [1.29, 1.82) is 0 Å². The first kappa shape index (κ1) is 26.6. The number of rotatable bonds is 6. The number of oxime groups is 1. The minimum absolute atomic E-state index is 0.0616. The van der Waals surface area contributed by atoms with Crippen LogP contribution < -0.4 is 4.72 Å². The Bertz CT molecular complexity index is 1140. The molecule has 0 aliphatic heterocycles. The summed E-state index contributed by atoms with van der Waals surface area (Å²) in [6, 6.07) is 3.71. The Balaban J connectivity index is 2.26. The molecule has 0 fully saturated rings. The lowest BCUT2D eigenvalue weighted by Gasteiger charge is -2.15. The molecular weight excluding hydrogens is 519 g/mol. The van der Waals surface area contributed by atoms with Gasteiger partial charge in [-0.05, 0) is 30.3 Å². The number of halogens is 10. The third-order valence-corrected chi connectivity index (χ3v) is 5.12. The molecule has 0 saturated heterocycles. The molecule has 0 spiro atoms. The summed E-state index contributed by atoms with van der Waals surface area (Å²) in [5, 5.41) is 3.17. The van der Waals surface area contributed by atoms with Crippen molar-refractivity contribution >= 4 is 33.5 Å². The van der Waals surface area contributed by atoms with Gasteiger partial charge >= 0.3 is 27.9 Å². The van der Waals surface area contributed by atoms with E-state index in [-0.39, 0.29) is 16.7 Å². The van der Waals surface area contributed by atoms with E-state index in [1.165, 1.54) is 4.72 Å². The van der Waals surface area contributed by atoms with Crippen LogP contribution in [0.4, 0.5) is 45.2 Å². The fourth-order valence-electron chi connectivity index (χ4n) is 2.28. The number of hydrogen-bond donors (Lipinski definition) is 1. The number of alkyl halides is 9. The van der Waals surface area contributed by atoms with Crippen LogP contribution in [0.25, 0.3) is 0 Å². The first-order valence-corrected chi connectivity index (χ1v) is 10.1. The van der Waals surface area contributed by atoms with E-state index in [1.807, 2.05) is 0 Å². The Kier molecular flexibility index (Phi) is 7.48. The maximum Gasteiger partial charge on any atom is 0.516 e. The van der Waals surface area contributed by atoms with Gasteiger partial charge in [0.15, 0.2) is 0 Å². The fourth-order valence-corrected chi connectivity index (χ4v) is 3.05. The summed E-state index contributed by atoms with van der Waals surface area (Å²) >= 11 is 5.69. The largest absolute Gasteiger partial charge is 0.516 e. The Morgan fingerprint density at radius 3 is 2.12 bits per heavy atom. The van der Waals surface area contributed by atoms with Crippen LogP contribution in [0, 0.1) is 0 Å². The third kappa shape index (κ3) is 6.90. The van der Waals surface area contributed by atoms with E-state index in [0.717, 1.165) is 18.2 Å². The molecule has 0 amide bonds. The van der Waals surface area contributed by atoms with Gasteiger partial charge in [-0.2, -0.15) is 47.9 Å². The molecule has 0 aromatic heterocycles. The predicted octanol–water partition coefficient (Wildman–Crippen LogP) is 6.19. The molecule has 0 aliphatic carbocycles. The number of benzene rings is 2. The summed E-state index contributed by atoms with van der Waals surface area (Å²) in [4.78, 5) is 4.62. The molecule has 2 aromatic carbocycles. The van der Waals surface area contributed by atoms with E-state index in [0.29, 0.717) is 18.3 Å². The zero-order valence-corrected chi connectivity index (χ0v) is 17.2. The summed E-state index contributed by atoms with van der Waals surface area (Å²) in [5.74, 6) is 0. The molecule has 0 atom stereocenters. The highest BCUT2D eigenvalue weighted by Crippen LogP contribution is 2.37. The van der Waals surface area contributed by atoms with Gasteiger partial charge in [0.1, 0.15) is 6.61 Å². The number of anilines is 1. The van der Waals surface area contributed by atoms with Gasteiger partial charge in [-0.15, -0.1) is 0 Å². The average Bonchev–Trinajstić information content (AvgIpc) is 2.64. The van der Waals surface area contributed by atoms with Gasteiger partial charge in [0.25, 0.3) is 0 Å². The highest BCUT2D eigenvalue weighted by atomic mass is 35.5. The van der Waals surface area contributed by atoms with Gasteiger partial charge in [0.05, 0.1) is 23.0 Å². The van der Waals surface area contributed by atoms with E-state index in [9.17, 15) is 47.9 Å². The second-order valence-electron chi connectivity index (χ2n) is 6.16. The molecule has 0 heterocycles. The molecule has 182 valence electrons. The van der Waals surface area contributed by atoms with Crippen molar-refractivity contribution in [3.8, 4) is 0 Å². The van der Waals surface area contributed by atoms with E-state index >= 15 is 0 Å². The molecule has 0 saturated carbocycles. The summed E-state index contributed by atoms with van der Waals surface area (Å²) in [7, 11) is -5.81. The summed E-state index contributed by atoms with van der Waals surface area (Å²) < 4.78 is 139. The number of hydrogen-bond acceptors (Lipinski definition) is 4. The van der Waals surface area contributed by atoms with Crippen LogP contribution in [0.5, 0.6) is 0 Å². The molecule has 0 aliphatic rings. The molecule has 33 heavy (non-hydrogen) atoms. The first-order valence-electron chi connectivity index (χ1n) is 8.23. The van der Waals surface area contributed by atoms with Crippen molar-refractivity contribution < 1.29 is 52.8 Å². The van der Waals surface area contributed by atoms with E-state index in [2.05, 4.69) is 9.99 Å². The normalized spacial score (nSPS) is 13.4. The summed E-state index contributed by atoms with van der Waals surface area (Å²) in [5.41, 5.74) is -10.5. The van der Waals surface area contributed by atoms with Gasteiger partial charge < -0.3 is 4.84 Å². The van der Waals surface area contributed by atoms with Crippen LogP contribution in [0.2, 0.25) is 5.02 Å². The maximum absolute atomic E-state index is 13.1. The minimum atomic E-state index is -5.81. The van der Waals surface area contributed by atoms with Crippen molar-refractivity contribution in [3.05, 3.63) is 63.7 Å². The van der Waals surface area contributed by atoms with E-state index in [1.54, 1.807) is 0 Å². The smallest absolute Gasteiger partial charge is 0.391 e. The zero-order valence-electron chi connectivity index (χ0n) is 15.6. The highest BCUT2D eigenvalue weighted by Gasteiger charge is 2.46. The van der Waals surface area contributed by atoms with Crippen molar-refractivity contribution in [2.24, 2.45) is 5.16 Å². The SMILES string of the molecule is O=S(=O)(Nc1ccc(Cl)cc1C=NOCc1ccc(C(F)(F)F)cc1C(F)(F)F)C(F)(F)F. The lowest BCUT2D eigenvalue weighted by Crippen LogP contribution is -2.30. The van der Waals surface area contributed by atoms with Crippen molar-refractivity contribution in [2.75, 3.05) is 4.72 Å². The molecule has 1 N–H and O–H groups in total. The molecule has 2 rings (SSSR count). The van der Waals surface area contributed by atoms with Gasteiger partial charge in [-0.1, -0.05) is 22.8 Å². The Labute approximate surface area is 184 Å². The van der Waals surface area contributed by atoms with E-state index < -0.39 is 56.9 Å². The number of nitrogens with one attached hydrogen (secondary N) is 1. The topological polar surface area (TPSA) is 67.8 Å². The lowest BCUT2D eigenvalue weighted by molar-refractivity contribution is -0.143. The Morgan fingerprint density at radius 2 is 1.58 bits per heavy atom. The van der Waals surface area contributed by atoms with Crippen LogP contribution in [-0.4, -0.2) is 20.1 Å². The molecular formula is C17H10ClF9N2O3S. The Hall–Kier alpha value is -2.68. The minimum Gasteiger partial charge on any atom is -0.391 e. The Morgan fingerprint density at radius 1 is 0.939 bits per heavy atom. The summed E-state index contributed by atoms with van der Waals surface area (Å²) in [6.07, 6.45) is -9.53. The van der Waals surface area contributed by atoms with Crippen LogP contribution in [-0.2, 0) is 33.8 Å². The van der Waals surface area contributed by atoms with Gasteiger partial charge in [-0.25, -0.2) is 0 Å². The first-order chi connectivity index (χ1) is 14.9. The number of sulfonamides is 1. The van der Waals surface area contributed by atoms with Crippen LogP contribution in [0.15, 0.2) is 41.6 Å². The fraction of sp³-hybridized carbons (Fsp3) is 0.235. The van der Waals surface area contributed by atoms with Gasteiger partial charge in [0.2, 0.25) is 0 Å². The third-order valence-electron chi connectivity index (χ3n) is 3.79. The van der Waals surface area contributed by atoms with E-state index in [4.69, 9.17) is 11.6 Å². The van der Waals surface area contributed by atoms with Crippen molar-refractivity contribution in [3.63, 3.8) is 0 Å². The highest BCUT2D eigenvalue weighted by molar-refractivity contribution is 7.93. The predicted molar refractivity (Wildman–Crippen MR) is 98.9 cm³/mol. The number of nitrogens with zero attached hydrogens (tertiary/aromatic N) is 1. The van der Waals surface area contributed by atoms with Crippen LogP contribution in [0.3, 0.4) is 0 Å². The average molecular weight is 529 g/mol. The molecule has 0 radical (unpaired) electrons. The molecule has 0 unspecified atom stereocenters.